The van der Waals surface area contributed by atoms with Crippen molar-refractivity contribution >= 4 is 87.5 Å². The van der Waals surface area contributed by atoms with E-state index < -0.39 is 0 Å². The Balaban J connectivity index is 1.17. The first kappa shape index (κ1) is 27.7. The Hall–Kier alpha value is -7.04. The number of hydrogen-bond donors (Lipinski definition) is 0. The Morgan fingerprint density at radius 2 is 0.923 bits per heavy atom. The average molecular weight is 665 g/mol. The van der Waals surface area contributed by atoms with Crippen molar-refractivity contribution in [2.24, 2.45) is 0 Å². The summed E-state index contributed by atoms with van der Waals surface area (Å²) in [5.41, 5.74) is 12.6. The predicted octanol–water partition coefficient (Wildman–Crippen LogP) is 13.3. The topological polar surface area (TPSA) is 36.1 Å². The van der Waals surface area contributed by atoms with Crippen LogP contribution in [-0.2, 0) is 0 Å². The molecule has 52 heavy (non-hydrogen) atoms. The third-order valence-electron chi connectivity index (χ3n) is 10.9. The normalized spacial score (nSPS) is 12.2. The molecule has 0 radical (unpaired) electrons. The van der Waals surface area contributed by atoms with E-state index in [4.69, 9.17) is 8.83 Å². The molecule has 12 rings (SSSR count). The monoisotopic (exact) mass is 664 g/mol. The number of aromatic nitrogens is 2. The first-order chi connectivity index (χ1) is 25.8. The molecule has 0 amide bonds. The fraction of sp³-hybridized carbons (Fsp3) is 0. The maximum Gasteiger partial charge on any atom is 0.145 e. The highest BCUT2D eigenvalue weighted by atomic mass is 16.3. The molecular formula is C48H28N2O2. The number of para-hydroxylation sites is 5. The average Bonchev–Trinajstić information content (AvgIpc) is 3.95. The highest BCUT2D eigenvalue weighted by Crippen LogP contribution is 2.44. The number of benzene rings is 8. The number of rotatable bonds is 3. The van der Waals surface area contributed by atoms with Gasteiger partial charge < -0.3 is 18.0 Å². The van der Waals surface area contributed by atoms with E-state index in [1.54, 1.807) is 0 Å². The lowest BCUT2D eigenvalue weighted by molar-refractivity contribution is 0.670. The smallest absolute Gasteiger partial charge is 0.145 e. The molecule has 0 spiro atoms. The Morgan fingerprint density at radius 1 is 0.327 bits per heavy atom. The Morgan fingerprint density at radius 3 is 1.75 bits per heavy atom. The Kier molecular flexibility index (Phi) is 5.47. The molecule has 12 aromatic rings. The van der Waals surface area contributed by atoms with E-state index >= 15 is 0 Å². The molecule has 4 heterocycles. The third kappa shape index (κ3) is 3.70. The van der Waals surface area contributed by atoms with Crippen LogP contribution in [0.3, 0.4) is 0 Å². The summed E-state index contributed by atoms with van der Waals surface area (Å²) >= 11 is 0. The lowest BCUT2D eigenvalue weighted by atomic mass is 10.00. The van der Waals surface area contributed by atoms with Crippen LogP contribution in [0.1, 0.15) is 0 Å². The summed E-state index contributed by atoms with van der Waals surface area (Å²) in [6.07, 6.45) is 0. The van der Waals surface area contributed by atoms with E-state index in [0.29, 0.717) is 0 Å². The summed E-state index contributed by atoms with van der Waals surface area (Å²) in [5.74, 6) is 0. The second-order valence-electron chi connectivity index (χ2n) is 13.7. The zero-order valence-corrected chi connectivity index (χ0v) is 27.9. The number of fused-ring (bicyclic) bond motifs is 13. The van der Waals surface area contributed by atoms with Crippen molar-refractivity contribution in [2.45, 2.75) is 0 Å². The highest BCUT2D eigenvalue weighted by molar-refractivity contribution is 6.24. The molecular weight excluding hydrogens is 637 g/mol. The molecule has 0 unspecified atom stereocenters. The van der Waals surface area contributed by atoms with Gasteiger partial charge in [-0.2, -0.15) is 0 Å². The van der Waals surface area contributed by atoms with Crippen molar-refractivity contribution in [1.82, 2.24) is 9.13 Å². The van der Waals surface area contributed by atoms with Gasteiger partial charge in [0.2, 0.25) is 0 Å². The molecule has 8 aromatic carbocycles. The molecule has 0 aliphatic heterocycles. The molecule has 0 saturated carbocycles. The molecule has 4 aromatic heterocycles. The Labute approximate surface area is 296 Å². The molecule has 0 aliphatic carbocycles. The molecule has 4 heteroatoms. The fourth-order valence-electron chi connectivity index (χ4n) is 8.66. The Bertz CT molecular complexity index is 3410. The summed E-state index contributed by atoms with van der Waals surface area (Å²) in [5, 5.41) is 9.18. The quantitative estimate of drug-likeness (QED) is 0.188. The lowest BCUT2D eigenvalue weighted by Gasteiger charge is -2.10. The van der Waals surface area contributed by atoms with Gasteiger partial charge in [0.1, 0.15) is 22.3 Å². The summed E-state index contributed by atoms with van der Waals surface area (Å²) in [6.45, 7) is 0. The van der Waals surface area contributed by atoms with Crippen molar-refractivity contribution in [1.29, 1.82) is 0 Å². The second kappa shape index (κ2) is 10.3. The van der Waals surface area contributed by atoms with Crippen molar-refractivity contribution in [2.75, 3.05) is 0 Å². The first-order valence-electron chi connectivity index (χ1n) is 17.7. The minimum Gasteiger partial charge on any atom is -0.455 e. The number of hydrogen-bond acceptors (Lipinski definition) is 2. The number of furan rings is 2. The number of nitrogens with zero attached hydrogens (tertiary/aromatic N) is 2. The lowest BCUT2D eigenvalue weighted by Crippen LogP contribution is -1.95. The van der Waals surface area contributed by atoms with Gasteiger partial charge in [-0.25, -0.2) is 0 Å². The van der Waals surface area contributed by atoms with Gasteiger partial charge in [0.05, 0.1) is 27.5 Å². The van der Waals surface area contributed by atoms with E-state index in [1.807, 2.05) is 18.2 Å². The van der Waals surface area contributed by atoms with Gasteiger partial charge in [0, 0.05) is 54.6 Å². The van der Waals surface area contributed by atoms with Crippen molar-refractivity contribution in [3.8, 4) is 22.5 Å². The zero-order valence-electron chi connectivity index (χ0n) is 27.9. The summed E-state index contributed by atoms with van der Waals surface area (Å²) in [7, 11) is 0. The van der Waals surface area contributed by atoms with E-state index in [2.05, 4.69) is 161 Å². The van der Waals surface area contributed by atoms with E-state index in [1.165, 1.54) is 21.8 Å². The molecule has 0 aliphatic rings. The van der Waals surface area contributed by atoms with Crippen LogP contribution in [0.25, 0.3) is 110 Å². The van der Waals surface area contributed by atoms with Gasteiger partial charge in [0.25, 0.3) is 0 Å². The summed E-state index contributed by atoms with van der Waals surface area (Å²) < 4.78 is 18.0. The highest BCUT2D eigenvalue weighted by Gasteiger charge is 2.21. The van der Waals surface area contributed by atoms with Gasteiger partial charge in [-0.05, 0) is 78.4 Å². The van der Waals surface area contributed by atoms with Gasteiger partial charge >= 0.3 is 0 Å². The SMILES string of the molecule is c1ccc(-n2c3ccccc3c3cc(-n4c5ccc(-c6cccc7c6oc6ccccc67)cc5c5c6oc7ccccc7c6ccc54)ccc32)cc1. The van der Waals surface area contributed by atoms with E-state index in [-0.39, 0.29) is 0 Å². The predicted molar refractivity (Wildman–Crippen MR) is 215 cm³/mol. The molecule has 0 bridgehead atoms. The third-order valence-corrected chi connectivity index (χ3v) is 10.9. The van der Waals surface area contributed by atoms with Gasteiger partial charge in [0.15, 0.2) is 0 Å². The van der Waals surface area contributed by atoms with Crippen LogP contribution in [0.15, 0.2) is 179 Å². The minimum absolute atomic E-state index is 0.893. The van der Waals surface area contributed by atoms with Gasteiger partial charge in [-0.15, -0.1) is 0 Å². The van der Waals surface area contributed by atoms with Crippen molar-refractivity contribution in [3.05, 3.63) is 170 Å². The van der Waals surface area contributed by atoms with Crippen molar-refractivity contribution < 1.29 is 8.83 Å². The maximum absolute atomic E-state index is 6.72. The molecule has 0 atom stereocenters. The van der Waals surface area contributed by atoms with Crippen LogP contribution in [0.5, 0.6) is 0 Å². The molecule has 242 valence electrons. The van der Waals surface area contributed by atoms with Gasteiger partial charge in [-0.1, -0.05) is 97.1 Å². The van der Waals surface area contributed by atoms with E-state index in [0.717, 1.165) is 88.2 Å². The fourth-order valence-corrected chi connectivity index (χ4v) is 8.66. The van der Waals surface area contributed by atoms with Crippen molar-refractivity contribution in [3.63, 3.8) is 0 Å². The molecule has 0 saturated heterocycles. The largest absolute Gasteiger partial charge is 0.455 e. The molecule has 0 fully saturated rings. The van der Waals surface area contributed by atoms with Crippen LogP contribution in [-0.4, -0.2) is 9.13 Å². The summed E-state index contributed by atoms with van der Waals surface area (Å²) in [4.78, 5) is 0. The van der Waals surface area contributed by atoms with Crippen LogP contribution < -0.4 is 0 Å². The van der Waals surface area contributed by atoms with Crippen LogP contribution in [0, 0.1) is 0 Å². The zero-order chi connectivity index (χ0) is 33.9. The first-order valence-corrected chi connectivity index (χ1v) is 17.7. The van der Waals surface area contributed by atoms with Crippen LogP contribution >= 0.6 is 0 Å². The molecule has 0 N–H and O–H groups in total. The van der Waals surface area contributed by atoms with Crippen LogP contribution in [0.2, 0.25) is 0 Å². The maximum atomic E-state index is 6.72. The standard InChI is InChI=1S/C48H28N2O2/c1-2-11-30(12-3-1)49-40-18-7-4-13-33(40)38-28-31(22-25-41(38)49)50-42-24-21-29(32-16-10-17-36-34-14-5-8-19-44(34)51-47(32)36)27-39(42)46-43(50)26-23-37-35-15-6-9-20-45(35)52-48(37)46/h1-28H. The second-order valence-corrected chi connectivity index (χ2v) is 13.7. The summed E-state index contributed by atoms with van der Waals surface area (Å²) in [6, 6.07) is 60.5. The molecule has 4 nitrogen and oxygen atoms in total. The minimum atomic E-state index is 0.893. The van der Waals surface area contributed by atoms with E-state index in [9.17, 15) is 0 Å². The van der Waals surface area contributed by atoms with Gasteiger partial charge in [-0.3, -0.25) is 0 Å². The van der Waals surface area contributed by atoms with Crippen LogP contribution in [0.4, 0.5) is 0 Å².